The van der Waals surface area contributed by atoms with E-state index in [1.54, 1.807) is 7.11 Å². The number of hydrogen-bond donors (Lipinski definition) is 1. The molecule has 0 heterocycles. The second-order valence-electron chi connectivity index (χ2n) is 4.61. The first-order valence-electron chi connectivity index (χ1n) is 5.76. The lowest BCUT2D eigenvalue weighted by molar-refractivity contribution is -0.0633. The van der Waals surface area contributed by atoms with Crippen molar-refractivity contribution in [2.24, 2.45) is 0 Å². The molecular formula is C13H16F2O2. The maximum atomic E-state index is 13.2. The Labute approximate surface area is 99.2 Å². The van der Waals surface area contributed by atoms with Gasteiger partial charge >= 0.3 is 0 Å². The minimum atomic E-state index is -1.10. The highest BCUT2D eigenvalue weighted by Gasteiger charge is 2.36. The summed E-state index contributed by atoms with van der Waals surface area (Å²) in [5, 5.41) is 10.5. The maximum Gasteiger partial charge on any atom is 0.159 e. The van der Waals surface area contributed by atoms with Crippen LogP contribution in [0.5, 0.6) is 0 Å². The normalized spacial score (nSPS) is 29.3. The van der Waals surface area contributed by atoms with Gasteiger partial charge in [0.05, 0.1) is 11.7 Å². The molecule has 0 radical (unpaired) electrons. The lowest BCUT2D eigenvalue weighted by Crippen LogP contribution is -2.36. The molecule has 2 nitrogen and oxygen atoms in total. The molecule has 0 spiro atoms. The minimum absolute atomic E-state index is 0.0261. The van der Waals surface area contributed by atoms with Crippen molar-refractivity contribution in [3.05, 3.63) is 35.4 Å². The smallest absolute Gasteiger partial charge is 0.159 e. The topological polar surface area (TPSA) is 29.5 Å². The minimum Gasteiger partial charge on any atom is -0.385 e. The Morgan fingerprint density at radius 1 is 1.35 bits per heavy atom. The summed E-state index contributed by atoms with van der Waals surface area (Å²) < 4.78 is 31.3. The summed E-state index contributed by atoms with van der Waals surface area (Å²) >= 11 is 0. The van der Waals surface area contributed by atoms with Crippen molar-refractivity contribution in [1.29, 1.82) is 0 Å². The molecule has 0 bridgehead atoms. The van der Waals surface area contributed by atoms with Crippen molar-refractivity contribution in [3.63, 3.8) is 0 Å². The second-order valence-corrected chi connectivity index (χ2v) is 4.61. The van der Waals surface area contributed by atoms with Crippen LogP contribution in [0, 0.1) is 11.6 Å². The highest BCUT2D eigenvalue weighted by Crippen LogP contribution is 2.38. The Balaban J connectivity index is 2.27. The van der Waals surface area contributed by atoms with Gasteiger partial charge in [-0.15, -0.1) is 0 Å². The van der Waals surface area contributed by atoms with E-state index in [-0.39, 0.29) is 6.10 Å². The monoisotopic (exact) mass is 242 g/mol. The van der Waals surface area contributed by atoms with Gasteiger partial charge < -0.3 is 9.84 Å². The van der Waals surface area contributed by atoms with Crippen LogP contribution in [0.2, 0.25) is 0 Å². The summed E-state index contributed by atoms with van der Waals surface area (Å²) in [6, 6.07) is 3.57. The van der Waals surface area contributed by atoms with Gasteiger partial charge in [-0.05, 0) is 37.0 Å². The third-order valence-corrected chi connectivity index (χ3v) is 3.47. The van der Waals surface area contributed by atoms with Gasteiger partial charge in [-0.25, -0.2) is 8.78 Å². The molecule has 2 atom stereocenters. The molecule has 0 aliphatic heterocycles. The van der Waals surface area contributed by atoms with Crippen LogP contribution in [0.1, 0.15) is 31.2 Å². The number of rotatable bonds is 2. The van der Waals surface area contributed by atoms with E-state index in [0.717, 1.165) is 25.0 Å². The zero-order chi connectivity index (χ0) is 12.5. The van der Waals surface area contributed by atoms with Crippen LogP contribution in [-0.4, -0.2) is 18.3 Å². The molecule has 2 unspecified atom stereocenters. The molecule has 1 aliphatic rings. The predicted molar refractivity (Wildman–Crippen MR) is 59.5 cm³/mol. The summed E-state index contributed by atoms with van der Waals surface area (Å²) in [4.78, 5) is 0. The van der Waals surface area contributed by atoms with E-state index >= 15 is 0 Å². The Morgan fingerprint density at radius 3 is 2.76 bits per heavy atom. The molecule has 17 heavy (non-hydrogen) atoms. The van der Waals surface area contributed by atoms with Crippen molar-refractivity contribution in [1.82, 2.24) is 0 Å². The molecule has 1 aliphatic carbocycles. The van der Waals surface area contributed by atoms with Gasteiger partial charge in [-0.3, -0.25) is 0 Å². The molecular weight excluding hydrogens is 226 g/mol. The number of aliphatic hydroxyl groups is 1. The third kappa shape index (κ3) is 2.48. The zero-order valence-electron chi connectivity index (χ0n) is 9.75. The number of ether oxygens (including phenoxy) is 1. The van der Waals surface area contributed by atoms with Crippen molar-refractivity contribution in [2.45, 2.75) is 37.4 Å². The number of benzene rings is 1. The predicted octanol–water partition coefficient (Wildman–Crippen LogP) is 2.74. The quantitative estimate of drug-likeness (QED) is 0.864. The van der Waals surface area contributed by atoms with E-state index in [9.17, 15) is 13.9 Å². The molecule has 2 rings (SSSR count). The molecule has 94 valence electrons. The lowest BCUT2D eigenvalue weighted by atomic mass is 9.78. The highest BCUT2D eigenvalue weighted by atomic mass is 19.2. The molecule has 1 saturated carbocycles. The Kier molecular flexibility index (Phi) is 3.45. The first-order valence-corrected chi connectivity index (χ1v) is 5.76. The van der Waals surface area contributed by atoms with Crippen molar-refractivity contribution >= 4 is 0 Å². The summed E-state index contributed by atoms with van der Waals surface area (Å²) in [6.07, 6.45) is 2.66. The van der Waals surface area contributed by atoms with Crippen LogP contribution in [0.4, 0.5) is 8.78 Å². The zero-order valence-corrected chi connectivity index (χ0v) is 9.75. The van der Waals surface area contributed by atoms with Crippen LogP contribution in [0.15, 0.2) is 18.2 Å². The average Bonchev–Trinajstić information content (AvgIpc) is 2.32. The van der Waals surface area contributed by atoms with E-state index in [1.165, 1.54) is 6.07 Å². The lowest BCUT2D eigenvalue weighted by Gasteiger charge is -2.36. The van der Waals surface area contributed by atoms with Gasteiger partial charge in [0.1, 0.15) is 0 Å². The highest BCUT2D eigenvalue weighted by molar-refractivity contribution is 5.25. The molecule has 0 amide bonds. The van der Waals surface area contributed by atoms with Gasteiger partial charge in [0.15, 0.2) is 11.6 Å². The number of hydrogen-bond acceptors (Lipinski definition) is 2. The van der Waals surface area contributed by atoms with Gasteiger partial charge in [-0.2, -0.15) is 0 Å². The van der Waals surface area contributed by atoms with Gasteiger partial charge in [-0.1, -0.05) is 6.07 Å². The van der Waals surface area contributed by atoms with E-state index in [2.05, 4.69) is 0 Å². The van der Waals surface area contributed by atoms with Crippen LogP contribution < -0.4 is 0 Å². The van der Waals surface area contributed by atoms with E-state index in [1.807, 2.05) is 0 Å². The first kappa shape index (κ1) is 12.5. The standard InChI is InChI=1S/C13H16F2O2/c1-17-10-3-2-6-13(16,8-10)9-4-5-11(14)12(15)7-9/h4-5,7,10,16H,2-3,6,8H2,1H3. The van der Waals surface area contributed by atoms with Crippen LogP contribution in [0.25, 0.3) is 0 Å². The SMILES string of the molecule is COC1CCCC(O)(c2ccc(F)c(F)c2)C1. The number of methoxy groups -OCH3 is 1. The average molecular weight is 242 g/mol. The molecule has 4 heteroatoms. The fourth-order valence-corrected chi connectivity index (χ4v) is 2.45. The third-order valence-electron chi connectivity index (χ3n) is 3.47. The molecule has 1 aromatic rings. The Bertz CT molecular complexity index is 408. The number of halogens is 2. The molecule has 1 fully saturated rings. The van der Waals surface area contributed by atoms with Crippen molar-refractivity contribution in [2.75, 3.05) is 7.11 Å². The Hall–Kier alpha value is -1.00. The van der Waals surface area contributed by atoms with Gasteiger partial charge in [0, 0.05) is 13.5 Å². The summed E-state index contributed by atoms with van der Waals surface area (Å²) in [5.41, 5.74) is -0.675. The fraction of sp³-hybridized carbons (Fsp3) is 0.538. The largest absolute Gasteiger partial charge is 0.385 e. The van der Waals surface area contributed by atoms with Crippen LogP contribution in [-0.2, 0) is 10.3 Å². The van der Waals surface area contributed by atoms with E-state index in [4.69, 9.17) is 4.74 Å². The summed E-state index contributed by atoms with van der Waals surface area (Å²) in [6.45, 7) is 0. The fourth-order valence-electron chi connectivity index (χ4n) is 2.45. The molecule has 0 saturated heterocycles. The van der Waals surface area contributed by atoms with E-state index in [0.29, 0.717) is 18.4 Å². The maximum absolute atomic E-state index is 13.2. The van der Waals surface area contributed by atoms with Gasteiger partial charge in [0.25, 0.3) is 0 Å². The van der Waals surface area contributed by atoms with Crippen molar-refractivity contribution in [3.8, 4) is 0 Å². The first-order chi connectivity index (χ1) is 8.05. The van der Waals surface area contributed by atoms with Crippen LogP contribution >= 0.6 is 0 Å². The van der Waals surface area contributed by atoms with Crippen molar-refractivity contribution < 1.29 is 18.6 Å². The Morgan fingerprint density at radius 2 is 2.12 bits per heavy atom. The second kappa shape index (κ2) is 4.70. The summed E-state index contributed by atoms with van der Waals surface area (Å²) in [5.74, 6) is -1.81. The van der Waals surface area contributed by atoms with Gasteiger partial charge in [0.2, 0.25) is 0 Å². The van der Waals surface area contributed by atoms with E-state index < -0.39 is 17.2 Å². The molecule has 1 N–H and O–H groups in total. The molecule has 1 aromatic carbocycles. The van der Waals surface area contributed by atoms with Crippen LogP contribution in [0.3, 0.4) is 0 Å². The molecule has 0 aromatic heterocycles. The summed E-state index contributed by atoms with van der Waals surface area (Å²) in [7, 11) is 1.60.